The highest BCUT2D eigenvalue weighted by molar-refractivity contribution is 5.81. The van der Waals surface area contributed by atoms with Crippen molar-refractivity contribution in [3.05, 3.63) is 35.9 Å². The van der Waals surface area contributed by atoms with Crippen molar-refractivity contribution >= 4 is 5.91 Å². The summed E-state index contributed by atoms with van der Waals surface area (Å²) in [4.78, 5) is 11.9. The molecule has 0 saturated heterocycles. The summed E-state index contributed by atoms with van der Waals surface area (Å²) in [5.74, 6) is -0.221. The smallest absolute Gasteiger partial charge is 0.237 e. The average molecular weight is 278 g/mol. The first-order chi connectivity index (χ1) is 9.28. The SMILES string of the molecule is CC(C)(C)CC(O)CNC(=O)C(N)Cc1ccccc1. The molecular formula is C16H26N2O2. The van der Waals surface area contributed by atoms with E-state index in [1.165, 1.54) is 0 Å². The van der Waals surface area contributed by atoms with Crippen LogP contribution in [0.3, 0.4) is 0 Å². The number of hydrogen-bond acceptors (Lipinski definition) is 3. The maximum absolute atomic E-state index is 11.9. The van der Waals surface area contributed by atoms with Gasteiger partial charge in [0.15, 0.2) is 0 Å². The Morgan fingerprint density at radius 2 is 1.90 bits per heavy atom. The number of nitrogens with two attached hydrogens (primary N) is 1. The molecule has 0 aromatic heterocycles. The summed E-state index contributed by atoms with van der Waals surface area (Å²) in [6, 6.07) is 9.08. The second-order valence-electron chi connectivity index (χ2n) is 6.46. The lowest BCUT2D eigenvalue weighted by atomic mass is 9.89. The van der Waals surface area contributed by atoms with Crippen LogP contribution in [0.4, 0.5) is 0 Å². The molecule has 1 amide bonds. The second-order valence-corrected chi connectivity index (χ2v) is 6.46. The van der Waals surface area contributed by atoms with Crippen LogP contribution in [0.15, 0.2) is 30.3 Å². The zero-order valence-electron chi connectivity index (χ0n) is 12.6. The monoisotopic (exact) mass is 278 g/mol. The number of carbonyl (C=O) groups is 1. The largest absolute Gasteiger partial charge is 0.391 e. The number of rotatable bonds is 6. The molecule has 0 aliphatic rings. The Balaban J connectivity index is 2.35. The van der Waals surface area contributed by atoms with Gasteiger partial charge in [0.1, 0.15) is 0 Å². The summed E-state index contributed by atoms with van der Waals surface area (Å²) in [5.41, 5.74) is 6.94. The molecule has 112 valence electrons. The lowest BCUT2D eigenvalue weighted by Crippen LogP contribution is -2.45. The van der Waals surface area contributed by atoms with Crippen LogP contribution < -0.4 is 11.1 Å². The van der Waals surface area contributed by atoms with Crippen molar-refractivity contribution in [2.24, 2.45) is 11.1 Å². The van der Waals surface area contributed by atoms with Crippen LogP contribution in [0, 0.1) is 5.41 Å². The van der Waals surface area contributed by atoms with Crippen molar-refractivity contribution in [3.8, 4) is 0 Å². The van der Waals surface area contributed by atoms with E-state index in [0.29, 0.717) is 12.8 Å². The molecule has 4 nitrogen and oxygen atoms in total. The molecule has 1 aromatic rings. The van der Waals surface area contributed by atoms with Gasteiger partial charge in [-0.25, -0.2) is 0 Å². The lowest BCUT2D eigenvalue weighted by Gasteiger charge is -2.23. The van der Waals surface area contributed by atoms with Crippen LogP contribution in [0.5, 0.6) is 0 Å². The number of carbonyl (C=O) groups excluding carboxylic acids is 1. The number of aliphatic hydroxyl groups excluding tert-OH is 1. The first-order valence-corrected chi connectivity index (χ1v) is 7.03. The van der Waals surface area contributed by atoms with Crippen molar-refractivity contribution in [2.45, 2.75) is 45.8 Å². The fraction of sp³-hybridized carbons (Fsp3) is 0.562. The molecule has 4 N–H and O–H groups in total. The van der Waals surface area contributed by atoms with Crippen molar-refractivity contribution in [1.29, 1.82) is 0 Å². The molecule has 0 radical (unpaired) electrons. The average Bonchev–Trinajstić information content (AvgIpc) is 2.35. The number of benzene rings is 1. The first kappa shape index (κ1) is 16.7. The third-order valence-corrected chi connectivity index (χ3v) is 3.00. The van der Waals surface area contributed by atoms with Crippen molar-refractivity contribution in [1.82, 2.24) is 5.32 Å². The van der Waals surface area contributed by atoms with Crippen molar-refractivity contribution < 1.29 is 9.90 Å². The minimum Gasteiger partial charge on any atom is -0.391 e. The Hall–Kier alpha value is -1.39. The molecule has 0 saturated carbocycles. The van der Waals surface area contributed by atoms with E-state index in [4.69, 9.17) is 5.73 Å². The molecule has 1 aromatic carbocycles. The van der Waals surface area contributed by atoms with E-state index < -0.39 is 12.1 Å². The Morgan fingerprint density at radius 3 is 2.45 bits per heavy atom. The molecule has 0 bridgehead atoms. The van der Waals surface area contributed by atoms with E-state index in [1.807, 2.05) is 30.3 Å². The van der Waals surface area contributed by atoms with Gasteiger partial charge < -0.3 is 16.2 Å². The van der Waals surface area contributed by atoms with E-state index in [0.717, 1.165) is 5.56 Å². The minimum atomic E-state index is -0.584. The highest BCUT2D eigenvalue weighted by Gasteiger charge is 2.19. The van der Waals surface area contributed by atoms with E-state index in [-0.39, 0.29) is 17.9 Å². The fourth-order valence-electron chi connectivity index (χ4n) is 2.09. The standard InChI is InChI=1S/C16H26N2O2/c1-16(2,3)10-13(19)11-18-15(20)14(17)9-12-7-5-4-6-8-12/h4-8,13-14,19H,9-11,17H2,1-3H3,(H,18,20). The molecule has 0 aliphatic heterocycles. The van der Waals surface area contributed by atoms with Crippen LogP contribution in [0.1, 0.15) is 32.8 Å². The summed E-state index contributed by atoms with van der Waals surface area (Å²) >= 11 is 0. The van der Waals surface area contributed by atoms with E-state index in [9.17, 15) is 9.90 Å². The van der Waals surface area contributed by atoms with Gasteiger partial charge in [-0.1, -0.05) is 51.1 Å². The highest BCUT2D eigenvalue weighted by Crippen LogP contribution is 2.20. The van der Waals surface area contributed by atoms with Crippen molar-refractivity contribution in [3.63, 3.8) is 0 Å². The molecule has 0 heterocycles. The second kappa shape index (κ2) is 7.41. The Morgan fingerprint density at radius 1 is 1.30 bits per heavy atom. The van der Waals surface area contributed by atoms with Crippen LogP contribution in [0.2, 0.25) is 0 Å². The van der Waals surface area contributed by atoms with Gasteiger partial charge in [-0.15, -0.1) is 0 Å². The molecule has 0 spiro atoms. The molecule has 0 aliphatic carbocycles. The molecule has 20 heavy (non-hydrogen) atoms. The van der Waals surface area contributed by atoms with Crippen molar-refractivity contribution in [2.75, 3.05) is 6.54 Å². The number of nitrogens with one attached hydrogen (secondary N) is 1. The Labute approximate surface area is 121 Å². The summed E-state index contributed by atoms with van der Waals surface area (Å²) in [7, 11) is 0. The van der Waals surface area contributed by atoms with Crippen LogP contribution in [0.25, 0.3) is 0 Å². The van der Waals surface area contributed by atoms with Crippen LogP contribution >= 0.6 is 0 Å². The molecule has 0 fully saturated rings. The zero-order valence-corrected chi connectivity index (χ0v) is 12.6. The topological polar surface area (TPSA) is 75.3 Å². The maximum Gasteiger partial charge on any atom is 0.237 e. The van der Waals surface area contributed by atoms with Crippen LogP contribution in [-0.4, -0.2) is 29.7 Å². The summed E-state index contributed by atoms with van der Waals surface area (Å²) in [6.45, 7) is 6.41. The van der Waals surface area contributed by atoms with Crippen LogP contribution in [-0.2, 0) is 11.2 Å². The van der Waals surface area contributed by atoms with Gasteiger partial charge in [-0.05, 0) is 23.8 Å². The predicted octanol–water partition coefficient (Wildman–Crippen LogP) is 1.47. The van der Waals surface area contributed by atoms with Gasteiger partial charge in [0.25, 0.3) is 0 Å². The summed E-state index contributed by atoms with van der Waals surface area (Å²) in [5, 5.41) is 12.6. The van der Waals surface area contributed by atoms with Gasteiger partial charge in [0.2, 0.25) is 5.91 Å². The zero-order chi connectivity index (χ0) is 15.2. The first-order valence-electron chi connectivity index (χ1n) is 7.03. The summed E-state index contributed by atoms with van der Waals surface area (Å²) in [6.07, 6.45) is 0.603. The quantitative estimate of drug-likeness (QED) is 0.737. The highest BCUT2D eigenvalue weighted by atomic mass is 16.3. The number of aliphatic hydroxyl groups is 1. The molecule has 4 heteroatoms. The van der Waals surface area contributed by atoms with E-state index in [1.54, 1.807) is 0 Å². The third kappa shape index (κ3) is 6.68. The predicted molar refractivity (Wildman–Crippen MR) is 81.2 cm³/mol. The normalized spacial score (nSPS) is 14.7. The molecule has 2 atom stereocenters. The molecular weight excluding hydrogens is 252 g/mol. The maximum atomic E-state index is 11.9. The number of amides is 1. The lowest BCUT2D eigenvalue weighted by molar-refractivity contribution is -0.122. The third-order valence-electron chi connectivity index (χ3n) is 3.00. The number of hydrogen-bond donors (Lipinski definition) is 3. The molecule has 2 unspecified atom stereocenters. The Kier molecular flexibility index (Phi) is 6.17. The van der Waals surface area contributed by atoms with Gasteiger partial charge in [0.05, 0.1) is 12.1 Å². The van der Waals surface area contributed by atoms with E-state index >= 15 is 0 Å². The van der Waals surface area contributed by atoms with Gasteiger partial charge in [-0.2, -0.15) is 0 Å². The fourth-order valence-corrected chi connectivity index (χ4v) is 2.09. The van der Waals surface area contributed by atoms with E-state index in [2.05, 4.69) is 26.1 Å². The van der Waals surface area contributed by atoms with Gasteiger partial charge in [0, 0.05) is 6.54 Å². The Bertz CT molecular complexity index is 412. The summed E-state index contributed by atoms with van der Waals surface area (Å²) < 4.78 is 0. The van der Waals surface area contributed by atoms with Gasteiger partial charge >= 0.3 is 0 Å². The molecule has 1 rings (SSSR count). The van der Waals surface area contributed by atoms with Gasteiger partial charge in [-0.3, -0.25) is 4.79 Å². The minimum absolute atomic E-state index is 0.0380.